The van der Waals surface area contributed by atoms with Crippen molar-refractivity contribution < 1.29 is 9.53 Å². The van der Waals surface area contributed by atoms with Crippen LogP contribution in [0.3, 0.4) is 0 Å². The smallest absolute Gasteiger partial charge is 0.411 e. The summed E-state index contributed by atoms with van der Waals surface area (Å²) in [6.07, 6.45) is 0.415. The van der Waals surface area contributed by atoms with Gasteiger partial charge in [-0.15, -0.1) is 12.6 Å². The van der Waals surface area contributed by atoms with Crippen molar-refractivity contribution in [3.8, 4) is 0 Å². The van der Waals surface area contributed by atoms with Gasteiger partial charge in [0.05, 0.1) is 6.61 Å². The number of benzene rings is 2. The Kier molecular flexibility index (Phi) is 8.69. The van der Waals surface area contributed by atoms with E-state index in [9.17, 15) is 4.79 Å². The first-order valence-electron chi connectivity index (χ1n) is 10.2. The van der Waals surface area contributed by atoms with Crippen molar-refractivity contribution >= 4 is 41.7 Å². The number of amides is 1. The highest BCUT2D eigenvalue weighted by atomic mass is 35.5. The van der Waals surface area contributed by atoms with Crippen molar-refractivity contribution in [1.82, 2.24) is 9.80 Å². The number of hydrogen-bond donors (Lipinski definition) is 3. The number of ether oxygens (including phenoxy) is 1. The van der Waals surface area contributed by atoms with Crippen molar-refractivity contribution in [3.05, 3.63) is 53.1 Å². The van der Waals surface area contributed by atoms with Crippen molar-refractivity contribution in [3.63, 3.8) is 0 Å². The first-order valence-corrected chi connectivity index (χ1v) is 11.0. The van der Waals surface area contributed by atoms with Crippen molar-refractivity contribution in [2.24, 2.45) is 0 Å². The molecule has 1 amide bonds. The molecule has 1 saturated heterocycles. The summed E-state index contributed by atoms with van der Waals surface area (Å²) in [6, 6.07) is 13.1. The molecule has 0 unspecified atom stereocenters. The maximum atomic E-state index is 12.1. The highest BCUT2D eigenvalue weighted by Crippen LogP contribution is 2.24. The molecule has 0 aliphatic carbocycles. The number of likely N-dealkylation sites (N-methyl/N-ethyl adjacent to an activating group) is 1. The summed E-state index contributed by atoms with van der Waals surface area (Å²) < 4.78 is 5.33. The van der Waals surface area contributed by atoms with Crippen LogP contribution in [0.2, 0.25) is 5.02 Å². The molecule has 0 bridgehead atoms. The van der Waals surface area contributed by atoms with Crippen LogP contribution in [-0.4, -0.2) is 62.3 Å². The minimum absolute atomic E-state index is 0.416. The van der Waals surface area contributed by atoms with Crippen LogP contribution in [0.25, 0.3) is 0 Å². The van der Waals surface area contributed by atoms with E-state index in [2.05, 4.69) is 40.1 Å². The number of hydrogen-bond acceptors (Lipinski definition) is 6. The van der Waals surface area contributed by atoms with Crippen molar-refractivity contribution in [2.45, 2.75) is 17.9 Å². The van der Waals surface area contributed by atoms with E-state index < -0.39 is 6.09 Å². The molecule has 1 aliphatic rings. The monoisotopic (exact) mass is 448 g/mol. The lowest BCUT2D eigenvalue weighted by Gasteiger charge is -2.32. The Morgan fingerprint density at radius 3 is 2.77 bits per heavy atom. The van der Waals surface area contributed by atoms with Gasteiger partial charge in [-0.25, -0.2) is 4.79 Å². The van der Waals surface area contributed by atoms with Gasteiger partial charge in [0.15, 0.2) is 0 Å². The van der Waals surface area contributed by atoms with E-state index in [4.69, 9.17) is 16.3 Å². The minimum atomic E-state index is -0.425. The summed E-state index contributed by atoms with van der Waals surface area (Å²) in [4.78, 5) is 17.7. The molecule has 6 nitrogen and oxygen atoms in total. The first-order chi connectivity index (χ1) is 14.5. The Morgan fingerprint density at radius 2 is 1.97 bits per heavy atom. The lowest BCUT2D eigenvalue weighted by atomic mass is 10.2. The van der Waals surface area contributed by atoms with Crippen molar-refractivity contribution in [1.29, 1.82) is 0 Å². The van der Waals surface area contributed by atoms with Crippen LogP contribution in [-0.2, 0) is 11.3 Å². The van der Waals surface area contributed by atoms with Crippen LogP contribution >= 0.6 is 24.2 Å². The van der Waals surface area contributed by atoms with Gasteiger partial charge in [0.25, 0.3) is 0 Å². The molecule has 0 spiro atoms. The number of nitrogens with zero attached hydrogens (tertiary/aromatic N) is 2. The predicted molar refractivity (Wildman–Crippen MR) is 126 cm³/mol. The number of anilines is 2. The van der Waals surface area contributed by atoms with Crippen LogP contribution in [0.15, 0.2) is 47.4 Å². The number of carbonyl (C=O) groups excluding carboxylic acids is 1. The molecule has 162 valence electrons. The van der Waals surface area contributed by atoms with E-state index in [1.54, 1.807) is 6.07 Å². The molecule has 2 aromatic carbocycles. The molecule has 1 fully saturated rings. The molecular formula is C22H29ClN4O2S. The second-order valence-electron chi connectivity index (χ2n) is 7.47. The van der Waals surface area contributed by atoms with Crippen molar-refractivity contribution in [2.75, 3.05) is 57.0 Å². The number of thiol groups is 1. The Morgan fingerprint density at radius 1 is 1.17 bits per heavy atom. The maximum Gasteiger partial charge on any atom is 0.411 e. The van der Waals surface area contributed by atoms with Gasteiger partial charge in [0, 0.05) is 60.6 Å². The molecule has 0 saturated carbocycles. The number of halogens is 1. The zero-order chi connectivity index (χ0) is 21.3. The molecule has 1 heterocycles. The van der Waals surface area contributed by atoms with E-state index in [0.717, 1.165) is 55.3 Å². The fourth-order valence-corrected chi connectivity index (χ4v) is 3.67. The van der Waals surface area contributed by atoms with Crippen LogP contribution in [0.1, 0.15) is 12.0 Å². The molecule has 3 rings (SSSR count). The van der Waals surface area contributed by atoms with Gasteiger partial charge in [-0.05, 0) is 49.4 Å². The molecule has 0 aromatic heterocycles. The second-order valence-corrected chi connectivity index (χ2v) is 8.39. The molecule has 8 heteroatoms. The zero-order valence-electron chi connectivity index (χ0n) is 17.2. The van der Waals surface area contributed by atoms with E-state index in [1.165, 1.54) is 0 Å². The molecule has 2 N–H and O–H groups in total. The molecule has 30 heavy (non-hydrogen) atoms. The van der Waals surface area contributed by atoms with Crippen LogP contribution in [0.5, 0.6) is 0 Å². The van der Waals surface area contributed by atoms with Gasteiger partial charge >= 0.3 is 6.09 Å². The fourth-order valence-electron chi connectivity index (χ4n) is 3.28. The molecule has 0 atom stereocenters. The van der Waals surface area contributed by atoms with Crippen LogP contribution in [0, 0.1) is 0 Å². The third-order valence-electron chi connectivity index (χ3n) is 5.06. The normalized spacial score (nSPS) is 15.0. The third-order valence-corrected chi connectivity index (χ3v) is 5.69. The van der Waals surface area contributed by atoms with Gasteiger partial charge in [-0.2, -0.15) is 0 Å². The summed E-state index contributed by atoms with van der Waals surface area (Å²) in [5.41, 5.74) is 2.59. The molecule has 2 aromatic rings. The average molecular weight is 449 g/mol. The Hall–Kier alpha value is -1.93. The van der Waals surface area contributed by atoms with Gasteiger partial charge in [-0.3, -0.25) is 5.32 Å². The Labute approximate surface area is 188 Å². The minimum Gasteiger partial charge on any atom is -0.449 e. The number of nitrogens with one attached hydrogen (secondary N) is 2. The quantitative estimate of drug-likeness (QED) is 0.412. The largest absolute Gasteiger partial charge is 0.449 e. The SMILES string of the molecule is CN1CCN(CCCOC(=O)Nc2cccc(CNc3cc(Cl)ccc3S)c2)CC1. The van der Waals surface area contributed by atoms with Gasteiger partial charge in [0.2, 0.25) is 0 Å². The summed E-state index contributed by atoms with van der Waals surface area (Å²) in [6.45, 7) is 6.31. The zero-order valence-corrected chi connectivity index (χ0v) is 18.9. The van der Waals surface area contributed by atoms with E-state index in [-0.39, 0.29) is 0 Å². The van der Waals surface area contributed by atoms with E-state index >= 15 is 0 Å². The van der Waals surface area contributed by atoms with Gasteiger partial charge < -0.3 is 19.9 Å². The summed E-state index contributed by atoms with van der Waals surface area (Å²) in [7, 11) is 2.14. The number of carbonyl (C=O) groups is 1. The fraction of sp³-hybridized carbons (Fsp3) is 0.409. The Bertz CT molecular complexity index is 844. The van der Waals surface area contributed by atoms with E-state index in [0.29, 0.717) is 23.9 Å². The summed E-state index contributed by atoms with van der Waals surface area (Å²) in [5.74, 6) is 0. The topological polar surface area (TPSA) is 56.8 Å². The number of rotatable bonds is 8. The van der Waals surface area contributed by atoms with Gasteiger partial charge in [0.1, 0.15) is 0 Å². The maximum absolute atomic E-state index is 12.1. The number of piperazine rings is 1. The van der Waals surface area contributed by atoms with Crippen LogP contribution < -0.4 is 10.6 Å². The van der Waals surface area contributed by atoms with Gasteiger partial charge in [-0.1, -0.05) is 23.7 Å². The second kappa shape index (κ2) is 11.5. The Balaban J connectivity index is 1.39. The molecule has 0 radical (unpaired) electrons. The highest BCUT2D eigenvalue weighted by molar-refractivity contribution is 7.80. The summed E-state index contributed by atoms with van der Waals surface area (Å²) in [5, 5.41) is 6.77. The standard InChI is InChI=1S/C22H29ClN4O2S/c1-26-9-11-27(12-10-26)8-3-13-29-22(28)25-19-5-2-4-17(14-19)16-24-20-15-18(23)6-7-21(20)30/h2,4-7,14-15,24,30H,3,8-13,16H2,1H3,(H,25,28). The third kappa shape index (κ3) is 7.40. The average Bonchev–Trinajstić information content (AvgIpc) is 2.73. The molecular weight excluding hydrogens is 420 g/mol. The van der Waals surface area contributed by atoms with E-state index in [1.807, 2.05) is 36.4 Å². The first kappa shape index (κ1) is 22.7. The summed E-state index contributed by atoms with van der Waals surface area (Å²) >= 11 is 10.5. The highest BCUT2D eigenvalue weighted by Gasteiger charge is 2.13. The predicted octanol–water partition coefficient (Wildman–Crippen LogP) is 4.43. The lowest BCUT2D eigenvalue weighted by Crippen LogP contribution is -2.44. The molecule has 1 aliphatic heterocycles. The lowest BCUT2D eigenvalue weighted by molar-refractivity contribution is 0.130. The van der Waals surface area contributed by atoms with Crippen LogP contribution in [0.4, 0.5) is 16.2 Å².